The van der Waals surface area contributed by atoms with E-state index in [0.717, 1.165) is 22.0 Å². The van der Waals surface area contributed by atoms with Crippen LogP contribution in [0.1, 0.15) is 37.8 Å². The highest BCUT2D eigenvalue weighted by molar-refractivity contribution is 9.10. The summed E-state index contributed by atoms with van der Waals surface area (Å²) in [6.45, 7) is 6.02. The van der Waals surface area contributed by atoms with E-state index in [0.29, 0.717) is 6.42 Å². The maximum atomic E-state index is 11.7. The van der Waals surface area contributed by atoms with Gasteiger partial charge in [-0.2, -0.15) is 0 Å². The number of carbonyl (C=O) groups excluding carboxylic acids is 1. The molecule has 2 N–H and O–H groups in total. The molecular formula is C16H22BrNO2. The molecule has 0 saturated carbocycles. The molecule has 0 fully saturated rings. The highest BCUT2D eigenvalue weighted by atomic mass is 79.9. The monoisotopic (exact) mass is 339 g/mol. The van der Waals surface area contributed by atoms with Crippen molar-refractivity contribution in [3.05, 3.63) is 39.9 Å². The summed E-state index contributed by atoms with van der Waals surface area (Å²) < 4.78 is 0.958. The van der Waals surface area contributed by atoms with Crippen molar-refractivity contribution in [1.82, 2.24) is 5.32 Å². The van der Waals surface area contributed by atoms with Gasteiger partial charge >= 0.3 is 0 Å². The second-order valence-corrected chi connectivity index (χ2v) is 6.18. The molecule has 110 valence electrons. The number of amides is 1. The van der Waals surface area contributed by atoms with E-state index in [-0.39, 0.29) is 12.5 Å². The van der Waals surface area contributed by atoms with Gasteiger partial charge in [0.2, 0.25) is 5.91 Å². The van der Waals surface area contributed by atoms with Gasteiger partial charge in [0.05, 0.1) is 5.60 Å². The Morgan fingerprint density at radius 3 is 2.80 bits per heavy atom. The third-order valence-corrected chi connectivity index (χ3v) is 3.69. The molecule has 0 aliphatic rings. The van der Waals surface area contributed by atoms with Crippen LogP contribution in [0.5, 0.6) is 0 Å². The van der Waals surface area contributed by atoms with Crippen molar-refractivity contribution in [2.75, 3.05) is 6.54 Å². The van der Waals surface area contributed by atoms with Crippen molar-refractivity contribution in [3.8, 4) is 0 Å². The largest absolute Gasteiger partial charge is 0.388 e. The molecule has 3 nitrogen and oxygen atoms in total. The third kappa shape index (κ3) is 5.88. The fourth-order valence-corrected chi connectivity index (χ4v) is 2.52. The normalized spacial score (nSPS) is 14.2. The SMILES string of the molecule is CCCC(C)(O)CNC(=O)/C=C/c1ccc(C)cc1Br. The molecule has 1 rings (SSSR count). The Balaban J connectivity index is 2.56. The molecule has 1 unspecified atom stereocenters. The molecule has 0 aromatic heterocycles. The van der Waals surface area contributed by atoms with Crippen LogP contribution in [0, 0.1) is 6.92 Å². The van der Waals surface area contributed by atoms with Gasteiger partial charge in [0.15, 0.2) is 0 Å². The maximum absolute atomic E-state index is 11.7. The highest BCUT2D eigenvalue weighted by Crippen LogP contribution is 2.19. The first-order chi connectivity index (χ1) is 9.34. The molecule has 0 bridgehead atoms. The molecule has 0 saturated heterocycles. The average molecular weight is 340 g/mol. The molecule has 1 aromatic carbocycles. The first-order valence-corrected chi connectivity index (χ1v) is 7.58. The summed E-state index contributed by atoms with van der Waals surface area (Å²) in [5, 5.41) is 12.7. The van der Waals surface area contributed by atoms with Crippen LogP contribution in [0.25, 0.3) is 6.08 Å². The standard InChI is InChI=1S/C16H22BrNO2/c1-4-9-16(3,20)11-18-15(19)8-7-13-6-5-12(2)10-14(13)17/h5-8,10,20H,4,9,11H2,1-3H3,(H,18,19)/b8-7+. The fraction of sp³-hybridized carbons (Fsp3) is 0.438. The lowest BCUT2D eigenvalue weighted by Gasteiger charge is -2.22. The summed E-state index contributed by atoms with van der Waals surface area (Å²) in [6.07, 6.45) is 4.79. The van der Waals surface area contributed by atoms with Crippen molar-refractivity contribution >= 4 is 27.9 Å². The molecule has 0 aliphatic carbocycles. The van der Waals surface area contributed by atoms with E-state index in [4.69, 9.17) is 0 Å². The topological polar surface area (TPSA) is 49.3 Å². The fourth-order valence-electron chi connectivity index (χ4n) is 1.90. The number of aryl methyl sites for hydroxylation is 1. The van der Waals surface area contributed by atoms with Crippen LogP contribution >= 0.6 is 15.9 Å². The van der Waals surface area contributed by atoms with Crippen molar-refractivity contribution in [2.24, 2.45) is 0 Å². The molecule has 1 amide bonds. The van der Waals surface area contributed by atoms with Gasteiger partial charge in [0.1, 0.15) is 0 Å². The average Bonchev–Trinajstić information content (AvgIpc) is 2.35. The van der Waals surface area contributed by atoms with E-state index >= 15 is 0 Å². The van der Waals surface area contributed by atoms with Gasteiger partial charge < -0.3 is 10.4 Å². The maximum Gasteiger partial charge on any atom is 0.244 e. The number of halogens is 1. The molecule has 20 heavy (non-hydrogen) atoms. The first-order valence-electron chi connectivity index (χ1n) is 6.78. The summed E-state index contributed by atoms with van der Waals surface area (Å²) in [6, 6.07) is 5.95. The van der Waals surface area contributed by atoms with Crippen LogP contribution in [0.15, 0.2) is 28.7 Å². The Morgan fingerprint density at radius 1 is 1.50 bits per heavy atom. The predicted molar refractivity (Wildman–Crippen MR) is 86.5 cm³/mol. The zero-order valence-corrected chi connectivity index (χ0v) is 13.8. The zero-order chi connectivity index (χ0) is 15.2. The minimum absolute atomic E-state index is 0.200. The van der Waals surface area contributed by atoms with Gasteiger partial charge in [-0.25, -0.2) is 0 Å². The van der Waals surface area contributed by atoms with Crippen LogP contribution in [0.4, 0.5) is 0 Å². The van der Waals surface area contributed by atoms with E-state index in [1.165, 1.54) is 6.08 Å². The molecule has 4 heteroatoms. The van der Waals surface area contributed by atoms with Gasteiger partial charge in [0, 0.05) is 17.1 Å². The molecule has 0 radical (unpaired) electrons. The van der Waals surface area contributed by atoms with E-state index in [1.54, 1.807) is 13.0 Å². The molecule has 0 heterocycles. The third-order valence-electron chi connectivity index (χ3n) is 3.00. The Hall–Kier alpha value is -1.13. The summed E-state index contributed by atoms with van der Waals surface area (Å²) in [5.41, 5.74) is 1.27. The van der Waals surface area contributed by atoms with Gasteiger partial charge in [-0.1, -0.05) is 41.4 Å². The summed E-state index contributed by atoms with van der Waals surface area (Å²) in [5.74, 6) is -0.200. The van der Waals surface area contributed by atoms with E-state index in [1.807, 2.05) is 32.0 Å². The molecule has 1 atom stereocenters. The zero-order valence-electron chi connectivity index (χ0n) is 12.2. The van der Waals surface area contributed by atoms with Crippen LogP contribution in [0.3, 0.4) is 0 Å². The summed E-state index contributed by atoms with van der Waals surface area (Å²) in [7, 11) is 0. The lowest BCUT2D eigenvalue weighted by atomic mass is 10.0. The number of nitrogens with one attached hydrogen (secondary N) is 1. The van der Waals surface area contributed by atoms with Crippen LogP contribution in [-0.4, -0.2) is 23.2 Å². The van der Waals surface area contributed by atoms with Crippen LogP contribution in [-0.2, 0) is 4.79 Å². The molecular weight excluding hydrogens is 318 g/mol. The second kappa shape index (κ2) is 7.60. The van der Waals surface area contributed by atoms with Crippen LogP contribution in [0.2, 0.25) is 0 Å². The van der Waals surface area contributed by atoms with Crippen molar-refractivity contribution in [2.45, 2.75) is 39.2 Å². The van der Waals surface area contributed by atoms with Gasteiger partial charge in [-0.05, 0) is 43.5 Å². The second-order valence-electron chi connectivity index (χ2n) is 5.32. The van der Waals surface area contributed by atoms with E-state index in [2.05, 4.69) is 21.2 Å². The van der Waals surface area contributed by atoms with Gasteiger partial charge in [0.25, 0.3) is 0 Å². The minimum atomic E-state index is -0.845. The van der Waals surface area contributed by atoms with Crippen molar-refractivity contribution < 1.29 is 9.90 Å². The Kier molecular flexibility index (Phi) is 6.43. The number of benzene rings is 1. The quantitative estimate of drug-likeness (QED) is 0.780. The molecule has 1 aromatic rings. The number of carbonyl (C=O) groups is 1. The summed E-state index contributed by atoms with van der Waals surface area (Å²) in [4.78, 5) is 11.7. The Morgan fingerprint density at radius 2 is 2.20 bits per heavy atom. The Labute approximate surface area is 129 Å². The van der Waals surface area contributed by atoms with E-state index < -0.39 is 5.60 Å². The summed E-state index contributed by atoms with van der Waals surface area (Å²) >= 11 is 3.47. The smallest absolute Gasteiger partial charge is 0.244 e. The lowest BCUT2D eigenvalue weighted by molar-refractivity contribution is -0.117. The van der Waals surface area contributed by atoms with Gasteiger partial charge in [-0.15, -0.1) is 0 Å². The van der Waals surface area contributed by atoms with E-state index in [9.17, 15) is 9.90 Å². The number of rotatable bonds is 6. The Bertz CT molecular complexity index is 495. The van der Waals surface area contributed by atoms with Gasteiger partial charge in [-0.3, -0.25) is 4.79 Å². The van der Waals surface area contributed by atoms with Crippen molar-refractivity contribution in [3.63, 3.8) is 0 Å². The van der Waals surface area contributed by atoms with Crippen molar-refractivity contribution in [1.29, 1.82) is 0 Å². The molecule has 0 aliphatic heterocycles. The highest BCUT2D eigenvalue weighted by Gasteiger charge is 2.19. The number of hydrogen-bond acceptors (Lipinski definition) is 2. The first kappa shape index (κ1) is 16.9. The lowest BCUT2D eigenvalue weighted by Crippen LogP contribution is -2.39. The van der Waals surface area contributed by atoms with Crippen LogP contribution < -0.4 is 5.32 Å². The molecule has 0 spiro atoms. The number of hydrogen-bond donors (Lipinski definition) is 2. The number of aliphatic hydroxyl groups is 1. The predicted octanol–water partition coefficient (Wildman–Crippen LogP) is 3.44. The minimum Gasteiger partial charge on any atom is -0.388 e.